The molecule has 1 heterocycles. The molecule has 2 rings (SSSR count). The summed E-state index contributed by atoms with van der Waals surface area (Å²) in [7, 11) is 0. The lowest BCUT2D eigenvalue weighted by atomic mass is 10.1. The van der Waals surface area contributed by atoms with Crippen LogP contribution in [0.4, 0.5) is 10.4 Å². The largest absolute Gasteiger partial charge is 0.407 e. The lowest BCUT2D eigenvalue weighted by molar-refractivity contribution is 0.383. The first-order chi connectivity index (χ1) is 9.42. The number of hydrogen-bond acceptors (Lipinski definition) is 5. The van der Waals surface area contributed by atoms with E-state index in [0.717, 1.165) is 5.56 Å². The van der Waals surface area contributed by atoms with Crippen molar-refractivity contribution in [3.8, 4) is 0 Å². The molecule has 0 saturated carbocycles. The minimum Gasteiger partial charge on any atom is -0.407 e. The van der Waals surface area contributed by atoms with Gasteiger partial charge in [0, 0.05) is 12.1 Å². The lowest BCUT2D eigenvalue weighted by Gasteiger charge is -2.18. The van der Waals surface area contributed by atoms with Crippen molar-refractivity contribution in [3.63, 3.8) is 0 Å². The third kappa shape index (κ3) is 4.62. The van der Waals surface area contributed by atoms with Crippen LogP contribution in [0.3, 0.4) is 0 Å². The van der Waals surface area contributed by atoms with Gasteiger partial charge < -0.3 is 15.1 Å². The van der Waals surface area contributed by atoms with Crippen LogP contribution in [-0.4, -0.2) is 15.7 Å². The van der Waals surface area contributed by atoms with Gasteiger partial charge in [-0.2, -0.15) is 0 Å². The second kappa shape index (κ2) is 6.00. The summed E-state index contributed by atoms with van der Waals surface area (Å²) in [4.78, 5) is 0. The molecule has 0 spiro atoms. The predicted molar refractivity (Wildman–Crippen MR) is 74.6 cm³/mol. The number of aromatic nitrogens is 2. The average Bonchev–Trinajstić information content (AvgIpc) is 2.83. The Balaban J connectivity index is 1.85. The Labute approximate surface area is 117 Å². The fourth-order valence-corrected chi connectivity index (χ4v) is 1.52. The quantitative estimate of drug-likeness (QED) is 0.880. The summed E-state index contributed by atoms with van der Waals surface area (Å²) in [6.45, 7) is 7.23. The highest BCUT2D eigenvalue weighted by Crippen LogP contribution is 2.10. The van der Waals surface area contributed by atoms with E-state index in [1.807, 2.05) is 0 Å². The van der Waals surface area contributed by atoms with Gasteiger partial charge in [0.15, 0.2) is 0 Å². The van der Waals surface area contributed by atoms with Crippen LogP contribution in [-0.2, 0) is 13.1 Å². The number of halogens is 1. The molecule has 0 amide bonds. The zero-order chi connectivity index (χ0) is 14.6. The summed E-state index contributed by atoms with van der Waals surface area (Å²) in [5.74, 6) is 0.281. The normalized spacial score (nSPS) is 11.6. The zero-order valence-electron chi connectivity index (χ0n) is 11.9. The van der Waals surface area contributed by atoms with E-state index in [4.69, 9.17) is 4.42 Å². The Morgan fingerprint density at radius 3 is 2.45 bits per heavy atom. The Morgan fingerprint density at radius 1 is 1.10 bits per heavy atom. The highest BCUT2D eigenvalue weighted by atomic mass is 19.1. The fraction of sp³-hybridized carbons (Fsp3) is 0.429. The van der Waals surface area contributed by atoms with Crippen molar-refractivity contribution >= 4 is 6.01 Å². The molecular formula is C14H19FN4O. The average molecular weight is 278 g/mol. The SMILES string of the molecule is CC(C)(C)NCc1nnc(NCc2ccc(F)cc2)o1. The first-order valence-corrected chi connectivity index (χ1v) is 6.48. The molecule has 1 aromatic carbocycles. The zero-order valence-corrected chi connectivity index (χ0v) is 11.9. The van der Waals surface area contributed by atoms with Crippen LogP contribution in [0, 0.1) is 5.82 Å². The number of benzene rings is 1. The summed E-state index contributed by atoms with van der Waals surface area (Å²) in [6.07, 6.45) is 0. The smallest absolute Gasteiger partial charge is 0.315 e. The first kappa shape index (κ1) is 14.5. The third-order valence-corrected chi connectivity index (χ3v) is 2.59. The second-order valence-electron chi connectivity index (χ2n) is 5.58. The van der Waals surface area contributed by atoms with Crippen LogP contribution < -0.4 is 10.6 Å². The van der Waals surface area contributed by atoms with Gasteiger partial charge in [-0.05, 0) is 38.5 Å². The van der Waals surface area contributed by atoms with Crippen LogP contribution in [0.25, 0.3) is 0 Å². The second-order valence-corrected chi connectivity index (χ2v) is 5.58. The van der Waals surface area contributed by atoms with Gasteiger partial charge in [0.05, 0.1) is 6.54 Å². The van der Waals surface area contributed by atoms with Gasteiger partial charge in [0.2, 0.25) is 5.89 Å². The van der Waals surface area contributed by atoms with E-state index in [9.17, 15) is 4.39 Å². The molecular weight excluding hydrogens is 259 g/mol. The Kier molecular flexibility index (Phi) is 4.34. The highest BCUT2D eigenvalue weighted by Gasteiger charge is 2.12. The van der Waals surface area contributed by atoms with E-state index in [1.54, 1.807) is 12.1 Å². The molecule has 0 unspecified atom stereocenters. The molecule has 0 radical (unpaired) electrons. The lowest BCUT2D eigenvalue weighted by Crippen LogP contribution is -2.35. The van der Waals surface area contributed by atoms with Crippen molar-refractivity contribution in [2.24, 2.45) is 0 Å². The van der Waals surface area contributed by atoms with Crippen molar-refractivity contribution in [1.29, 1.82) is 0 Å². The standard InChI is InChI=1S/C14H19FN4O/c1-14(2,3)17-9-12-18-19-13(20-12)16-8-10-4-6-11(15)7-5-10/h4-7,17H,8-9H2,1-3H3,(H,16,19). The summed E-state index contributed by atoms with van der Waals surface area (Å²) in [5, 5.41) is 14.1. The summed E-state index contributed by atoms with van der Waals surface area (Å²) < 4.78 is 18.2. The Bertz CT molecular complexity index is 545. The molecule has 0 saturated heterocycles. The van der Waals surface area contributed by atoms with Crippen LogP contribution in [0.1, 0.15) is 32.2 Å². The molecule has 0 bridgehead atoms. The molecule has 0 aliphatic rings. The van der Waals surface area contributed by atoms with Gasteiger partial charge in [-0.3, -0.25) is 0 Å². The van der Waals surface area contributed by atoms with Gasteiger partial charge in [-0.1, -0.05) is 17.2 Å². The van der Waals surface area contributed by atoms with E-state index in [2.05, 4.69) is 41.6 Å². The predicted octanol–water partition coefficient (Wildman–Crippen LogP) is 2.71. The molecule has 108 valence electrons. The van der Waals surface area contributed by atoms with Gasteiger partial charge in [0.1, 0.15) is 5.82 Å². The van der Waals surface area contributed by atoms with Gasteiger partial charge in [-0.15, -0.1) is 5.10 Å². The maximum atomic E-state index is 12.8. The topological polar surface area (TPSA) is 63.0 Å². The third-order valence-electron chi connectivity index (χ3n) is 2.59. The summed E-state index contributed by atoms with van der Waals surface area (Å²) in [6, 6.07) is 6.62. The number of nitrogens with zero attached hydrogens (tertiary/aromatic N) is 2. The van der Waals surface area contributed by atoms with Crippen LogP contribution in [0.15, 0.2) is 28.7 Å². The van der Waals surface area contributed by atoms with Gasteiger partial charge in [0.25, 0.3) is 0 Å². The van der Waals surface area contributed by atoms with E-state index in [0.29, 0.717) is 25.0 Å². The molecule has 6 heteroatoms. The molecule has 5 nitrogen and oxygen atoms in total. The summed E-state index contributed by atoms with van der Waals surface area (Å²) >= 11 is 0. The molecule has 0 atom stereocenters. The molecule has 20 heavy (non-hydrogen) atoms. The van der Waals surface area contributed by atoms with Crippen molar-refractivity contribution < 1.29 is 8.81 Å². The molecule has 0 aliphatic carbocycles. The van der Waals surface area contributed by atoms with Gasteiger partial charge >= 0.3 is 6.01 Å². The van der Waals surface area contributed by atoms with Gasteiger partial charge in [-0.25, -0.2) is 4.39 Å². The van der Waals surface area contributed by atoms with E-state index in [-0.39, 0.29) is 11.4 Å². The van der Waals surface area contributed by atoms with Crippen molar-refractivity contribution in [1.82, 2.24) is 15.5 Å². The van der Waals surface area contributed by atoms with E-state index >= 15 is 0 Å². The molecule has 2 aromatic rings. The first-order valence-electron chi connectivity index (χ1n) is 6.48. The summed E-state index contributed by atoms with van der Waals surface area (Å²) in [5.41, 5.74) is 0.940. The Morgan fingerprint density at radius 2 is 1.80 bits per heavy atom. The number of rotatable bonds is 5. The van der Waals surface area contributed by atoms with Crippen molar-refractivity contribution in [2.45, 2.75) is 39.4 Å². The maximum absolute atomic E-state index is 12.8. The Hall–Kier alpha value is -1.95. The molecule has 0 aliphatic heterocycles. The number of nitrogens with one attached hydrogen (secondary N) is 2. The monoisotopic (exact) mass is 278 g/mol. The van der Waals surface area contributed by atoms with E-state index < -0.39 is 0 Å². The molecule has 2 N–H and O–H groups in total. The van der Waals surface area contributed by atoms with Crippen LogP contribution in [0.2, 0.25) is 0 Å². The number of anilines is 1. The van der Waals surface area contributed by atoms with Crippen molar-refractivity contribution in [3.05, 3.63) is 41.5 Å². The van der Waals surface area contributed by atoms with Crippen LogP contribution in [0.5, 0.6) is 0 Å². The number of hydrogen-bond donors (Lipinski definition) is 2. The molecule has 0 fully saturated rings. The molecule has 1 aromatic heterocycles. The fourth-order valence-electron chi connectivity index (χ4n) is 1.52. The highest BCUT2D eigenvalue weighted by molar-refractivity contribution is 5.23. The van der Waals surface area contributed by atoms with E-state index in [1.165, 1.54) is 12.1 Å². The van der Waals surface area contributed by atoms with Crippen molar-refractivity contribution in [2.75, 3.05) is 5.32 Å². The van der Waals surface area contributed by atoms with Crippen LogP contribution >= 0.6 is 0 Å². The minimum atomic E-state index is -0.248. The maximum Gasteiger partial charge on any atom is 0.315 e. The minimum absolute atomic E-state index is 0.00380.